The maximum atomic E-state index is 13.0. The highest BCUT2D eigenvalue weighted by atomic mass is 35.5. The third kappa shape index (κ3) is 4.22. The SMILES string of the molecule is CC(=O)Nc1ccc(N=Nc2c(C)[nH]n(C(=O)c3sc4ccc(Cl)cc4c3Cl)c2=O)cc1. The van der Waals surface area contributed by atoms with Crippen LogP contribution in [0.3, 0.4) is 0 Å². The molecule has 4 rings (SSSR count). The highest BCUT2D eigenvalue weighted by Gasteiger charge is 2.23. The summed E-state index contributed by atoms with van der Waals surface area (Å²) in [5.41, 5.74) is 0.828. The number of nitrogens with zero attached hydrogens (tertiary/aromatic N) is 3. The molecule has 4 aromatic rings. The number of hydrogen-bond donors (Lipinski definition) is 2. The van der Waals surface area contributed by atoms with Gasteiger partial charge in [-0.15, -0.1) is 16.5 Å². The fraction of sp³-hybridized carbons (Fsp3) is 0.0952. The van der Waals surface area contributed by atoms with Crippen LogP contribution in [0.2, 0.25) is 10.0 Å². The van der Waals surface area contributed by atoms with Crippen LogP contribution in [0.15, 0.2) is 57.5 Å². The summed E-state index contributed by atoms with van der Waals surface area (Å²) in [6.07, 6.45) is 0. The van der Waals surface area contributed by atoms with Crippen LogP contribution in [0, 0.1) is 6.92 Å². The van der Waals surface area contributed by atoms with Crippen molar-refractivity contribution in [2.24, 2.45) is 10.2 Å². The average Bonchev–Trinajstić information content (AvgIpc) is 3.23. The van der Waals surface area contributed by atoms with Crippen LogP contribution in [-0.4, -0.2) is 21.6 Å². The minimum Gasteiger partial charge on any atom is -0.326 e. The van der Waals surface area contributed by atoms with Crippen molar-refractivity contribution < 1.29 is 9.59 Å². The zero-order valence-electron chi connectivity index (χ0n) is 16.8. The van der Waals surface area contributed by atoms with Crippen molar-refractivity contribution in [1.29, 1.82) is 0 Å². The predicted octanol–water partition coefficient (Wildman–Crippen LogP) is 6.07. The Kier molecular flexibility index (Phi) is 5.96. The minimum absolute atomic E-state index is 0.00423. The van der Waals surface area contributed by atoms with E-state index in [4.69, 9.17) is 23.2 Å². The van der Waals surface area contributed by atoms with Crippen molar-refractivity contribution in [1.82, 2.24) is 9.78 Å². The van der Waals surface area contributed by atoms with Crippen molar-refractivity contribution in [3.8, 4) is 0 Å². The molecular formula is C21H15Cl2N5O3S. The van der Waals surface area contributed by atoms with Gasteiger partial charge in [0.15, 0.2) is 5.69 Å². The van der Waals surface area contributed by atoms with Gasteiger partial charge in [-0.2, -0.15) is 9.80 Å². The zero-order valence-corrected chi connectivity index (χ0v) is 19.1. The first-order chi connectivity index (χ1) is 15.2. The second-order valence-electron chi connectivity index (χ2n) is 6.84. The number of fused-ring (bicyclic) bond motifs is 1. The number of aromatic amines is 1. The van der Waals surface area contributed by atoms with Crippen molar-refractivity contribution in [2.75, 3.05) is 5.32 Å². The van der Waals surface area contributed by atoms with Gasteiger partial charge in [-0.1, -0.05) is 23.2 Å². The first-order valence-corrected chi connectivity index (χ1v) is 10.8. The van der Waals surface area contributed by atoms with Crippen LogP contribution in [0.1, 0.15) is 22.3 Å². The van der Waals surface area contributed by atoms with Crippen molar-refractivity contribution in [3.63, 3.8) is 0 Å². The number of anilines is 1. The molecule has 2 aromatic heterocycles. The number of aryl methyl sites for hydroxylation is 1. The monoisotopic (exact) mass is 487 g/mol. The third-order valence-corrected chi connectivity index (χ3v) is 6.38. The second kappa shape index (κ2) is 8.70. The van der Waals surface area contributed by atoms with Gasteiger partial charge in [0.1, 0.15) is 4.88 Å². The molecule has 0 atom stereocenters. The standard InChI is InChI=1S/C21H15Cl2N5O3S/c1-10-18(26-25-14-6-4-13(5-7-14)24-11(2)29)20(30)28(27-10)21(31)19-17(23)15-9-12(22)3-8-16(15)32-19/h3-9,27H,1-2H3,(H,24,29). The van der Waals surface area contributed by atoms with Crippen molar-refractivity contribution >= 4 is 73.5 Å². The number of aromatic nitrogens is 2. The summed E-state index contributed by atoms with van der Waals surface area (Å²) in [5.74, 6) is -0.782. The summed E-state index contributed by atoms with van der Waals surface area (Å²) in [4.78, 5) is 37.2. The maximum Gasteiger partial charge on any atom is 0.302 e. The number of amides is 1. The number of nitrogens with one attached hydrogen (secondary N) is 2. The molecule has 2 N–H and O–H groups in total. The molecular weight excluding hydrogens is 473 g/mol. The van der Waals surface area contributed by atoms with Crippen molar-refractivity contribution in [2.45, 2.75) is 13.8 Å². The number of carbonyl (C=O) groups excluding carboxylic acids is 2. The van der Waals surface area contributed by atoms with E-state index in [1.165, 1.54) is 18.3 Å². The fourth-order valence-corrected chi connectivity index (χ4v) is 4.59. The Hall–Kier alpha value is -3.27. The second-order valence-corrected chi connectivity index (χ2v) is 8.71. The van der Waals surface area contributed by atoms with Gasteiger partial charge in [0.25, 0.3) is 5.91 Å². The lowest BCUT2D eigenvalue weighted by atomic mass is 10.2. The van der Waals surface area contributed by atoms with E-state index in [9.17, 15) is 14.4 Å². The summed E-state index contributed by atoms with van der Waals surface area (Å²) in [7, 11) is 0. The molecule has 162 valence electrons. The first-order valence-electron chi connectivity index (χ1n) is 9.28. The number of H-pyrrole nitrogens is 1. The Labute approximate surface area is 195 Å². The molecule has 0 fully saturated rings. The molecule has 0 aliphatic rings. The van der Waals surface area contributed by atoms with Gasteiger partial charge < -0.3 is 5.32 Å². The Morgan fingerprint density at radius 1 is 1.09 bits per heavy atom. The largest absolute Gasteiger partial charge is 0.326 e. The molecule has 11 heteroatoms. The van der Waals surface area contributed by atoms with E-state index < -0.39 is 11.5 Å². The molecule has 0 unspecified atom stereocenters. The number of benzene rings is 2. The van der Waals surface area contributed by atoms with Gasteiger partial charge >= 0.3 is 5.56 Å². The smallest absolute Gasteiger partial charge is 0.302 e. The summed E-state index contributed by atoms with van der Waals surface area (Å²) in [6.45, 7) is 3.03. The fourth-order valence-electron chi connectivity index (χ4n) is 3.00. The molecule has 0 bridgehead atoms. The minimum atomic E-state index is -0.641. The van der Waals surface area contributed by atoms with Crippen molar-refractivity contribution in [3.05, 3.63) is 73.4 Å². The molecule has 0 saturated heterocycles. The maximum absolute atomic E-state index is 13.0. The Morgan fingerprint density at radius 3 is 2.50 bits per heavy atom. The van der Waals surface area contributed by atoms with E-state index in [1.54, 1.807) is 49.4 Å². The summed E-state index contributed by atoms with van der Waals surface area (Å²) in [5, 5.41) is 14.8. The summed E-state index contributed by atoms with van der Waals surface area (Å²) < 4.78 is 1.64. The molecule has 0 spiro atoms. The third-order valence-electron chi connectivity index (χ3n) is 4.48. The highest BCUT2D eigenvalue weighted by Crippen LogP contribution is 2.37. The predicted molar refractivity (Wildman–Crippen MR) is 126 cm³/mol. The van der Waals surface area contributed by atoms with E-state index >= 15 is 0 Å². The van der Waals surface area contributed by atoms with E-state index in [-0.39, 0.29) is 21.5 Å². The number of rotatable bonds is 4. The first kappa shape index (κ1) is 21.9. The lowest BCUT2D eigenvalue weighted by molar-refractivity contribution is -0.114. The number of thiophene rings is 1. The summed E-state index contributed by atoms with van der Waals surface area (Å²) in [6, 6.07) is 11.8. The van der Waals surface area contributed by atoms with Gasteiger partial charge in [0.05, 0.1) is 16.4 Å². The van der Waals surface area contributed by atoms with Crippen LogP contribution in [-0.2, 0) is 4.79 Å². The van der Waals surface area contributed by atoms with E-state index in [0.717, 1.165) is 9.38 Å². The normalized spacial score (nSPS) is 11.4. The molecule has 1 amide bonds. The van der Waals surface area contributed by atoms with Gasteiger partial charge in [0, 0.05) is 27.7 Å². The summed E-state index contributed by atoms with van der Waals surface area (Å²) >= 11 is 13.6. The lowest BCUT2D eigenvalue weighted by Crippen LogP contribution is -2.24. The highest BCUT2D eigenvalue weighted by molar-refractivity contribution is 7.21. The van der Waals surface area contributed by atoms with Crippen LogP contribution < -0.4 is 10.9 Å². The van der Waals surface area contributed by atoms with Gasteiger partial charge in [-0.05, 0) is 49.4 Å². The van der Waals surface area contributed by atoms with Gasteiger partial charge in [-0.25, -0.2) is 0 Å². The molecule has 8 nitrogen and oxygen atoms in total. The Bertz CT molecular complexity index is 1450. The van der Waals surface area contributed by atoms with E-state index in [2.05, 4.69) is 20.6 Å². The number of carbonyl (C=O) groups is 2. The quantitative estimate of drug-likeness (QED) is 0.341. The molecule has 2 heterocycles. The molecule has 0 aliphatic heterocycles. The zero-order chi connectivity index (χ0) is 23.0. The topological polar surface area (TPSA) is 109 Å². The Morgan fingerprint density at radius 2 is 1.81 bits per heavy atom. The molecule has 2 aromatic carbocycles. The van der Waals surface area contributed by atoms with Crippen LogP contribution in [0.5, 0.6) is 0 Å². The van der Waals surface area contributed by atoms with Crippen LogP contribution in [0.4, 0.5) is 17.1 Å². The van der Waals surface area contributed by atoms with E-state index in [0.29, 0.717) is 27.5 Å². The van der Waals surface area contributed by atoms with E-state index in [1.807, 2.05) is 0 Å². The molecule has 0 radical (unpaired) electrons. The number of hydrogen-bond acceptors (Lipinski definition) is 6. The lowest BCUT2D eigenvalue weighted by Gasteiger charge is -2.00. The van der Waals surface area contributed by atoms with Crippen LogP contribution in [0.25, 0.3) is 10.1 Å². The van der Waals surface area contributed by atoms with Gasteiger partial charge in [-0.3, -0.25) is 19.5 Å². The molecule has 0 saturated carbocycles. The Balaban J connectivity index is 1.64. The number of azo groups is 1. The van der Waals surface area contributed by atoms with Crippen LogP contribution >= 0.6 is 34.5 Å². The van der Waals surface area contributed by atoms with Gasteiger partial charge in [0.2, 0.25) is 5.91 Å². The average molecular weight is 488 g/mol. The molecule has 32 heavy (non-hydrogen) atoms. The molecule has 0 aliphatic carbocycles. The number of halogens is 2.